The summed E-state index contributed by atoms with van der Waals surface area (Å²) >= 11 is 12.3. The Morgan fingerprint density at radius 1 is 1.22 bits per heavy atom. The molecule has 1 amide bonds. The fourth-order valence-electron chi connectivity index (χ4n) is 5.98. The molecule has 236 valence electrons. The van der Waals surface area contributed by atoms with E-state index in [0.29, 0.717) is 6.42 Å². The minimum Gasteiger partial charge on any atom is -0.495 e. The highest BCUT2D eigenvalue weighted by Gasteiger charge is 2.61. The lowest BCUT2D eigenvalue weighted by Gasteiger charge is -2.38. The van der Waals surface area contributed by atoms with Gasteiger partial charge in [0.05, 0.1) is 42.1 Å². The van der Waals surface area contributed by atoms with Crippen molar-refractivity contribution >= 4 is 40.8 Å². The maximum absolute atomic E-state index is 15.9. The highest BCUT2D eigenvalue weighted by atomic mass is 35.5. The number of rotatable bonds is 9. The van der Waals surface area contributed by atoms with Crippen molar-refractivity contribution in [2.45, 2.75) is 44.7 Å². The van der Waals surface area contributed by atoms with Gasteiger partial charge in [0.1, 0.15) is 23.6 Å². The summed E-state index contributed by atoms with van der Waals surface area (Å²) in [5.74, 6) is 2.75. The Bertz CT molecular complexity index is 1630. The molecule has 1 aliphatic heterocycles. The van der Waals surface area contributed by atoms with Gasteiger partial charge < -0.3 is 25.2 Å². The first-order valence-electron chi connectivity index (χ1n) is 14.3. The number of allylic oxidation sites excluding steroid dienone is 4. The first-order valence-corrected chi connectivity index (χ1v) is 15.1. The zero-order valence-electron chi connectivity index (χ0n) is 25.3. The molecule has 11 heteroatoms. The second-order valence-electron chi connectivity index (χ2n) is 12.1. The summed E-state index contributed by atoms with van der Waals surface area (Å²) in [5, 5.41) is 26.8. The monoisotopic (exact) mass is 653 g/mol. The van der Waals surface area contributed by atoms with Crippen LogP contribution in [0.5, 0.6) is 5.75 Å². The van der Waals surface area contributed by atoms with Crippen LogP contribution in [-0.2, 0) is 14.9 Å². The summed E-state index contributed by atoms with van der Waals surface area (Å²) in [6, 6.07) is 9.29. The summed E-state index contributed by atoms with van der Waals surface area (Å²) in [6.45, 7) is 5.52. The molecule has 1 aliphatic carbocycles. The van der Waals surface area contributed by atoms with Gasteiger partial charge in [-0.15, -0.1) is 0 Å². The SMILES string of the molecule is COc1cc(C(=O)OCCO)ccc1NC(=O)[C@@H]1NC(CC(C)(C)C)[C@](C#N)(c2ccc(Cl)cc2F)C1C1C#CC(Cl)=CC=C1. The predicted molar refractivity (Wildman–Crippen MR) is 170 cm³/mol. The summed E-state index contributed by atoms with van der Waals surface area (Å²) in [7, 11) is 1.39. The number of aliphatic hydroxyl groups excluding tert-OH is 1. The summed E-state index contributed by atoms with van der Waals surface area (Å²) in [5.41, 5.74) is -1.36. The molecule has 1 heterocycles. The topological polar surface area (TPSA) is 121 Å². The molecule has 2 aliphatic rings. The van der Waals surface area contributed by atoms with Crippen molar-refractivity contribution in [1.82, 2.24) is 5.32 Å². The van der Waals surface area contributed by atoms with Crippen molar-refractivity contribution in [3.63, 3.8) is 0 Å². The number of ether oxygens (including phenoxy) is 2. The normalized spacial score (nSPS) is 24.0. The second-order valence-corrected chi connectivity index (χ2v) is 12.9. The Hall–Kier alpha value is -3.86. The molecule has 0 spiro atoms. The van der Waals surface area contributed by atoms with Crippen LogP contribution >= 0.6 is 23.2 Å². The lowest BCUT2D eigenvalue weighted by atomic mass is 9.61. The van der Waals surface area contributed by atoms with Gasteiger partial charge in [0.15, 0.2) is 0 Å². The average Bonchev–Trinajstić information content (AvgIpc) is 3.14. The van der Waals surface area contributed by atoms with E-state index in [9.17, 15) is 14.9 Å². The number of hydrogen-bond acceptors (Lipinski definition) is 7. The minimum atomic E-state index is -1.56. The molecule has 8 nitrogen and oxygen atoms in total. The number of methoxy groups -OCH3 is 1. The number of carbonyl (C=O) groups is 2. The van der Waals surface area contributed by atoms with Crippen LogP contribution in [0.3, 0.4) is 0 Å². The highest BCUT2D eigenvalue weighted by molar-refractivity contribution is 6.32. The number of halogens is 3. The van der Waals surface area contributed by atoms with E-state index in [1.807, 2.05) is 20.8 Å². The first kappa shape index (κ1) is 34.0. The number of nitrogens with zero attached hydrogens (tertiary/aromatic N) is 1. The van der Waals surface area contributed by atoms with Crippen molar-refractivity contribution in [2.24, 2.45) is 17.3 Å². The van der Waals surface area contributed by atoms with Crippen LogP contribution in [-0.4, -0.2) is 49.4 Å². The van der Waals surface area contributed by atoms with Gasteiger partial charge in [-0.2, -0.15) is 5.26 Å². The van der Waals surface area contributed by atoms with Gasteiger partial charge in [0, 0.05) is 28.5 Å². The van der Waals surface area contributed by atoms with Gasteiger partial charge >= 0.3 is 5.97 Å². The van der Waals surface area contributed by atoms with Gasteiger partial charge in [-0.25, -0.2) is 9.18 Å². The number of nitriles is 1. The van der Waals surface area contributed by atoms with Crippen molar-refractivity contribution in [3.05, 3.63) is 81.6 Å². The third kappa shape index (κ3) is 7.35. The van der Waals surface area contributed by atoms with Crippen LogP contribution in [0, 0.1) is 46.2 Å². The molecule has 1 saturated heterocycles. The van der Waals surface area contributed by atoms with Crippen LogP contribution in [0.2, 0.25) is 5.02 Å². The number of carbonyl (C=O) groups excluding carboxylic acids is 2. The second kappa shape index (κ2) is 14.1. The summed E-state index contributed by atoms with van der Waals surface area (Å²) in [6.07, 6.45) is 5.50. The highest BCUT2D eigenvalue weighted by Crippen LogP contribution is 2.51. The number of aliphatic hydroxyl groups is 1. The molecule has 45 heavy (non-hydrogen) atoms. The van der Waals surface area contributed by atoms with Crippen molar-refractivity contribution in [3.8, 4) is 23.7 Å². The van der Waals surface area contributed by atoms with E-state index in [2.05, 4.69) is 28.5 Å². The smallest absolute Gasteiger partial charge is 0.338 e. The van der Waals surface area contributed by atoms with Crippen LogP contribution in [0.25, 0.3) is 0 Å². The number of anilines is 1. The molecule has 5 atom stereocenters. The molecule has 0 aromatic heterocycles. The van der Waals surface area contributed by atoms with Gasteiger partial charge in [0.2, 0.25) is 5.91 Å². The third-order valence-electron chi connectivity index (χ3n) is 7.80. The maximum atomic E-state index is 15.9. The summed E-state index contributed by atoms with van der Waals surface area (Å²) < 4.78 is 26.3. The van der Waals surface area contributed by atoms with Crippen LogP contribution in [0.15, 0.2) is 59.7 Å². The standard InChI is InChI=1S/C34H34Cl2FN3O5/c1-33(2,3)18-28-34(19-38,24-12-11-23(36)17-25(24)37)29(20-6-5-7-22(35)10-8-20)30(40-28)31(42)39-26-13-9-21(16-27(26)44-4)32(43)45-15-14-41/h5-7,9,11-13,16-17,20,28-30,40-41H,14-15,18H2,1-4H3,(H,39,42)/t20?,28?,29?,30-,34+/m1/s1. The van der Waals surface area contributed by atoms with Gasteiger partial charge in [-0.05, 0) is 48.2 Å². The summed E-state index contributed by atoms with van der Waals surface area (Å²) in [4.78, 5) is 26.6. The molecule has 0 bridgehead atoms. The van der Waals surface area contributed by atoms with Crippen molar-refractivity contribution in [2.75, 3.05) is 25.6 Å². The Morgan fingerprint density at radius 3 is 2.62 bits per heavy atom. The number of amides is 1. The Morgan fingerprint density at radius 2 is 1.98 bits per heavy atom. The molecule has 2 aromatic carbocycles. The van der Waals surface area contributed by atoms with Crippen LogP contribution < -0.4 is 15.4 Å². The Labute approximate surface area is 272 Å². The van der Waals surface area contributed by atoms with E-state index in [1.54, 1.807) is 18.2 Å². The van der Waals surface area contributed by atoms with E-state index >= 15 is 4.39 Å². The zero-order chi connectivity index (χ0) is 32.9. The van der Waals surface area contributed by atoms with Gasteiger partial charge in [-0.3, -0.25) is 4.79 Å². The largest absolute Gasteiger partial charge is 0.495 e. The van der Waals surface area contributed by atoms with Gasteiger partial charge in [-0.1, -0.05) is 74.0 Å². The number of hydrogen-bond donors (Lipinski definition) is 3. The fraction of sp³-hybridized carbons (Fsp3) is 0.382. The molecule has 0 radical (unpaired) electrons. The van der Waals surface area contributed by atoms with Gasteiger partial charge in [0.25, 0.3) is 0 Å². The number of esters is 1. The maximum Gasteiger partial charge on any atom is 0.338 e. The number of nitrogens with one attached hydrogen (secondary N) is 2. The molecule has 1 fully saturated rings. The lowest BCUT2D eigenvalue weighted by Crippen LogP contribution is -2.47. The molecule has 0 saturated carbocycles. The van der Waals surface area contributed by atoms with E-state index in [-0.39, 0.29) is 51.2 Å². The van der Waals surface area contributed by atoms with E-state index in [0.717, 1.165) is 0 Å². The van der Waals surface area contributed by atoms with E-state index in [1.165, 1.54) is 43.5 Å². The van der Waals surface area contributed by atoms with Crippen molar-refractivity contribution < 1.29 is 28.6 Å². The molecule has 4 rings (SSSR count). The number of benzene rings is 2. The first-order chi connectivity index (χ1) is 21.3. The molecular formula is C34H34Cl2FN3O5. The van der Waals surface area contributed by atoms with Crippen molar-refractivity contribution in [1.29, 1.82) is 5.26 Å². The Kier molecular flexibility index (Phi) is 10.6. The zero-order valence-corrected chi connectivity index (χ0v) is 26.8. The average molecular weight is 655 g/mol. The molecule has 3 unspecified atom stereocenters. The molecule has 2 aromatic rings. The Balaban J connectivity index is 1.84. The lowest BCUT2D eigenvalue weighted by molar-refractivity contribution is -0.119. The predicted octanol–water partition coefficient (Wildman–Crippen LogP) is 5.74. The van der Waals surface area contributed by atoms with Crippen LogP contribution in [0.1, 0.15) is 43.1 Å². The van der Waals surface area contributed by atoms with E-state index in [4.69, 9.17) is 37.8 Å². The minimum absolute atomic E-state index is 0.110. The molecular weight excluding hydrogens is 620 g/mol. The third-order valence-corrected chi connectivity index (χ3v) is 8.26. The van der Waals surface area contributed by atoms with E-state index < -0.39 is 47.0 Å². The fourth-order valence-corrected chi connectivity index (χ4v) is 6.26. The quantitative estimate of drug-likeness (QED) is 0.233. The van der Waals surface area contributed by atoms with Crippen LogP contribution in [0.4, 0.5) is 10.1 Å². The molecule has 3 N–H and O–H groups in total.